The third-order valence-corrected chi connectivity index (χ3v) is 6.96. The zero-order valence-corrected chi connectivity index (χ0v) is 24.3. The molecule has 0 bridgehead atoms. The third kappa shape index (κ3) is 7.70. The topological polar surface area (TPSA) is 95.1 Å². The van der Waals surface area contributed by atoms with Gasteiger partial charge in [0.15, 0.2) is 0 Å². The van der Waals surface area contributed by atoms with E-state index in [1.807, 2.05) is 60.7 Å². The first-order valence-electron chi connectivity index (χ1n) is 11.8. The van der Waals surface area contributed by atoms with E-state index in [4.69, 9.17) is 9.47 Å². The summed E-state index contributed by atoms with van der Waals surface area (Å²) in [7, 11) is 0. The van der Waals surface area contributed by atoms with Gasteiger partial charge in [0.2, 0.25) is 0 Å². The molecule has 1 N–H and O–H groups in total. The van der Waals surface area contributed by atoms with Gasteiger partial charge in [0.25, 0.3) is 5.91 Å². The van der Waals surface area contributed by atoms with Crippen LogP contribution >= 0.6 is 38.5 Å². The number of rotatable bonds is 9. The molecule has 0 radical (unpaired) electrons. The van der Waals surface area contributed by atoms with Crippen molar-refractivity contribution in [2.75, 3.05) is 5.32 Å². The molecule has 4 rings (SSSR count). The molecule has 192 valence electrons. The van der Waals surface area contributed by atoms with Crippen LogP contribution in [0.1, 0.15) is 22.3 Å². The van der Waals surface area contributed by atoms with Gasteiger partial charge in [-0.3, -0.25) is 4.79 Å². The molecule has 0 heterocycles. The smallest absolute Gasteiger partial charge is 0.266 e. The molecule has 4 aromatic rings. The van der Waals surface area contributed by atoms with Crippen molar-refractivity contribution in [3.8, 4) is 23.6 Å². The van der Waals surface area contributed by atoms with E-state index in [0.29, 0.717) is 39.4 Å². The molecule has 0 aliphatic carbocycles. The molecule has 6 nitrogen and oxygen atoms in total. The lowest BCUT2D eigenvalue weighted by Gasteiger charge is -2.12. The van der Waals surface area contributed by atoms with E-state index >= 15 is 0 Å². The Bertz CT molecular complexity index is 1570. The Morgan fingerprint density at radius 3 is 2.33 bits per heavy atom. The maximum atomic E-state index is 12.8. The predicted molar refractivity (Wildman–Crippen MR) is 162 cm³/mol. The van der Waals surface area contributed by atoms with Crippen LogP contribution < -0.4 is 14.8 Å². The Labute approximate surface area is 248 Å². The Morgan fingerprint density at radius 2 is 1.64 bits per heavy atom. The van der Waals surface area contributed by atoms with Gasteiger partial charge in [-0.25, -0.2) is 0 Å². The lowest BCUT2D eigenvalue weighted by Crippen LogP contribution is -2.13. The van der Waals surface area contributed by atoms with Gasteiger partial charge in [0.1, 0.15) is 36.4 Å². The molecule has 0 spiro atoms. The average Bonchev–Trinajstić information content (AvgIpc) is 2.95. The molecule has 0 unspecified atom stereocenters. The zero-order valence-electron chi connectivity index (χ0n) is 20.5. The van der Waals surface area contributed by atoms with Gasteiger partial charge in [-0.2, -0.15) is 10.5 Å². The Morgan fingerprint density at radius 1 is 0.923 bits per heavy atom. The van der Waals surface area contributed by atoms with Crippen molar-refractivity contribution < 1.29 is 14.3 Å². The van der Waals surface area contributed by atoms with Crippen LogP contribution in [0.15, 0.2) is 101 Å². The van der Waals surface area contributed by atoms with E-state index in [0.717, 1.165) is 14.7 Å². The van der Waals surface area contributed by atoms with E-state index in [9.17, 15) is 15.3 Å². The molecular weight excluding hydrogens is 669 g/mol. The number of ether oxygens (including phenoxy) is 2. The number of amides is 1. The van der Waals surface area contributed by atoms with Crippen molar-refractivity contribution in [3.63, 3.8) is 0 Å². The minimum atomic E-state index is -0.518. The third-order valence-electron chi connectivity index (χ3n) is 5.57. The normalized spacial score (nSPS) is 10.7. The van der Waals surface area contributed by atoms with E-state index in [-0.39, 0.29) is 12.2 Å². The lowest BCUT2D eigenvalue weighted by atomic mass is 10.1. The van der Waals surface area contributed by atoms with E-state index in [1.54, 1.807) is 36.4 Å². The van der Waals surface area contributed by atoms with Crippen LogP contribution in [0.5, 0.6) is 11.5 Å². The molecule has 0 atom stereocenters. The first-order chi connectivity index (χ1) is 19.0. The second-order valence-corrected chi connectivity index (χ2v) is 10.3. The van der Waals surface area contributed by atoms with Crippen molar-refractivity contribution in [1.82, 2.24) is 0 Å². The molecule has 39 heavy (non-hydrogen) atoms. The number of hydrogen-bond acceptors (Lipinski definition) is 5. The highest BCUT2D eigenvalue weighted by Gasteiger charge is 2.14. The summed E-state index contributed by atoms with van der Waals surface area (Å²) in [4.78, 5) is 12.8. The second-order valence-electron chi connectivity index (χ2n) is 8.29. The standard InChI is InChI=1S/C31H21BrIN3O3/c32-28-15-22(16-29(33)30(28)39-20-24-9-5-4-8-23(24)17-34)14-25(18-35)31(37)36-26-10-12-27(13-11-26)38-19-21-6-2-1-3-7-21/h1-16H,19-20H2,(H,36,37)/b25-14+. The van der Waals surface area contributed by atoms with Crippen LogP contribution in [-0.2, 0) is 18.0 Å². The number of hydrogen-bond donors (Lipinski definition) is 1. The van der Waals surface area contributed by atoms with Crippen molar-refractivity contribution in [1.29, 1.82) is 10.5 Å². The van der Waals surface area contributed by atoms with Crippen LogP contribution in [0.25, 0.3) is 6.08 Å². The average molecular weight is 690 g/mol. The van der Waals surface area contributed by atoms with Gasteiger partial charge < -0.3 is 14.8 Å². The van der Waals surface area contributed by atoms with Gasteiger partial charge in [-0.15, -0.1) is 0 Å². The predicted octanol–water partition coefficient (Wildman–Crippen LogP) is 7.63. The summed E-state index contributed by atoms with van der Waals surface area (Å²) < 4.78 is 13.2. The lowest BCUT2D eigenvalue weighted by molar-refractivity contribution is -0.112. The first-order valence-corrected chi connectivity index (χ1v) is 13.6. The molecule has 0 aromatic heterocycles. The van der Waals surface area contributed by atoms with Gasteiger partial charge in [0, 0.05) is 11.3 Å². The van der Waals surface area contributed by atoms with Crippen LogP contribution in [0.2, 0.25) is 0 Å². The van der Waals surface area contributed by atoms with Gasteiger partial charge in [-0.1, -0.05) is 48.5 Å². The van der Waals surface area contributed by atoms with Gasteiger partial charge in [-0.05, 0) is 98.2 Å². The molecule has 0 saturated carbocycles. The van der Waals surface area contributed by atoms with Crippen LogP contribution in [0.3, 0.4) is 0 Å². The number of nitriles is 2. The summed E-state index contributed by atoms with van der Waals surface area (Å²) >= 11 is 5.66. The summed E-state index contributed by atoms with van der Waals surface area (Å²) in [6.45, 7) is 0.675. The zero-order chi connectivity index (χ0) is 27.6. The van der Waals surface area contributed by atoms with E-state index < -0.39 is 5.91 Å². The fourth-order valence-corrected chi connectivity index (χ4v) is 5.36. The monoisotopic (exact) mass is 689 g/mol. The summed E-state index contributed by atoms with van der Waals surface area (Å²) in [5, 5.41) is 21.7. The van der Waals surface area contributed by atoms with E-state index in [1.165, 1.54) is 6.08 Å². The van der Waals surface area contributed by atoms with Crippen molar-refractivity contribution in [2.45, 2.75) is 13.2 Å². The molecule has 0 saturated heterocycles. The number of anilines is 1. The summed E-state index contributed by atoms with van der Waals surface area (Å²) in [5.41, 5.74) is 3.56. The number of nitrogens with zero attached hydrogens (tertiary/aromatic N) is 2. The minimum absolute atomic E-state index is 0.0429. The van der Waals surface area contributed by atoms with Gasteiger partial charge in [0.05, 0.1) is 19.7 Å². The molecular formula is C31H21BrIN3O3. The van der Waals surface area contributed by atoms with Crippen molar-refractivity contribution >= 4 is 56.2 Å². The molecule has 0 fully saturated rings. The largest absolute Gasteiger partial charge is 0.489 e. The van der Waals surface area contributed by atoms with E-state index in [2.05, 4.69) is 49.9 Å². The van der Waals surface area contributed by atoms with Crippen molar-refractivity contribution in [2.24, 2.45) is 0 Å². The fraction of sp³-hybridized carbons (Fsp3) is 0.0645. The second kappa shape index (κ2) is 13.6. The summed E-state index contributed by atoms with van der Waals surface area (Å²) in [6, 6.07) is 31.8. The molecule has 4 aromatic carbocycles. The molecule has 8 heteroatoms. The highest BCUT2D eigenvalue weighted by atomic mass is 127. The maximum absolute atomic E-state index is 12.8. The highest BCUT2D eigenvalue weighted by molar-refractivity contribution is 14.1. The first kappa shape index (κ1) is 27.9. The molecule has 1 amide bonds. The maximum Gasteiger partial charge on any atom is 0.266 e. The highest BCUT2D eigenvalue weighted by Crippen LogP contribution is 2.33. The Balaban J connectivity index is 1.41. The number of carbonyl (C=O) groups excluding carboxylic acids is 1. The van der Waals surface area contributed by atoms with Crippen LogP contribution in [0, 0.1) is 26.2 Å². The Hall–Kier alpha value is -4.12. The number of halogens is 2. The number of carbonyl (C=O) groups is 1. The minimum Gasteiger partial charge on any atom is -0.489 e. The molecule has 0 aliphatic heterocycles. The SMILES string of the molecule is N#C/C(=C\c1cc(Br)c(OCc2ccccc2C#N)c(I)c1)C(=O)Nc1ccc(OCc2ccccc2)cc1. The van der Waals surface area contributed by atoms with Crippen molar-refractivity contribution in [3.05, 3.63) is 127 Å². The fourth-order valence-electron chi connectivity index (χ4n) is 3.59. The molecule has 0 aliphatic rings. The number of nitrogens with one attached hydrogen (secondary N) is 1. The summed E-state index contributed by atoms with van der Waals surface area (Å²) in [5.74, 6) is 0.763. The summed E-state index contributed by atoms with van der Waals surface area (Å²) in [6.07, 6.45) is 1.52. The van der Waals surface area contributed by atoms with Crippen LogP contribution in [0.4, 0.5) is 5.69 Å². The van der Waals surface area contributed by atoms with Crippen LogP contribution in [-0.4, -0.2) is 5.91 Å². The number of benzene rings is 4. The Kier molecular flexibility index (Phi) is 9.74. The van der Waals surface area contributed by atoms with Gasteiger partial charge >= 0.3 is 0 Å². The quantitative estimate of drug-likeness (QED) is 0.111.